The Bertz CT molecular complexity index is 1950. The number of nitrogen functional groups attached to an aromatic ring is 1. The normalized spacial score (nSPS) is 30.3. The third-order valence-corrected chi connectivity index (χ3v) is 9.16. The van der Waals surface area contributed by atoms with E-state index in [1.807, 2.05) is 0 Å². The zero-order chi connectivity index (χ0) is 32.3. The lowest BCUT2D eigenvalue weighted by atomic mass is 10.1. The number of thiol groups is 1. The lowest BCUT2D eigenvalue weighted by molar-refractivity contribution is -0.0559. The van der Waals surface area contributed by atoms with Crippen molar-refractivity contribution in [3.05, 3.63) is 33.4 Å². The van der Waals surface area contributed by atoms with Crippen LogP contribution in [0.15, 0.2) is 22.2 Å². The van der Waals surface area contributed by atoms with Crippen LogP contribution < -0.4 is 16.9 Å². The van der Waals surface area contributed by atoms with Gasteiger partial charge in [-0.25, -0.2) is 18.7 Å². The molecule has 4 aromatic heterocycles. The largest absolute Gasteiger partial charge is 0.582 e. The topological polar surface area (TPSA) is 270 Å². The highest BCUT2D eigenvalue weighted by atomic mass is 32.7. The van der Waals surface area contributed by atoms with Crippen molar-refractivity contribution < 1.29 is 46.4 Å². The molecule has 20 nitrogen and oxygen atoms in total. The summed E-state index contributed by atoms with van der Waals surface area (Å²) in [5, 5.41) is 17.1. The minimum atomic E-state index is -4.47. The Morgan fingerprint density at radius 1 is 1.29 bits per heavy atom. The number of ether oxygens (including phenoxy) is 2. The fourth-order valence-electron chi connectivity index (χ4n) is 4.92. The number of fused-ring (bicyclic) bond motifs is 2. The predicted molar refractivity (Wildman–Crippen MR) is 152 cm³/mol. The van der Waals surface area contributed by atoms with E-state index in [4.69, 9.17) is 40.6 Å². The lowest BCUT2D eigenvalue weighted by Gasteiger charge is -2.27. The summed E-state index contributed by atoms with van der Waals surface area (Å²) < 4.78 is 72.7. The molecule has 4 aromatic rings. The molecular weight excluding hydrogens is 692 g/mol. The Balaban J connectivity index is 1.23. The number of imidazole rings is 1. The molecule has 0 radical (unpaired) electrons. The average Bonchev–Trinajstić information content (AvgIpc) is 3.74. The van der Waals surface area contributed by atoms with E-state index < -0.39 is 87.5 Å². The number of hydrogen-bond donors (Lipinski definition) is 6. The van der Waals surface area contributed by atoms with Gasteiger partial charge in [0.05, 0.1) is 19.5 Å². The van der Waals surface area contributed by atoms with Crippen molar-refractivity contribution >= 4 is 66.3 Å². The van der Waals surface area contributed by atoms with Crippen LogP contribution in [0.4, 0.5) is 14.7 Å². The fourth-order valence-corrected chi connectivity index (χ4v) is 7.12. The van der Waals surface area contributed by atoms with Gasteiger partial charge < -0.3 is 34.7 Å². The van der Waals surface area contributed by atoms with Crippen LogP contribution in [-0.2, 0) is 45.2 Å². The van der Waals surface area contributed by atoms with Gasteiger partial charge in [-0.05, 0) is 16.4 Å². The van der Waals surface area contributed by atoms with E-state index in [0.29, 0.717) is 0 Å². The molecule has 2 saturated heterocycles. The van der Waals surface area contributed by atoms with E-state index in [0.717, 1.165) is 21.9 Å². The number of aliphatic hydroxyl groups is 1. The van der Waals surface area contributed by atoms with E-state index in [1.54, 1.807) is 0 Å². The second kappa shape index (κ2) is 12.0. The maximum Gasteiger partial charge on any atom is 0.582 e. The van der Waals surface area contributed by atoms with Gasteiger partial charge in [0.2, 0.25) is 11.7 Å². The first kappa shape index (κ1) is 32.1. The van der Waals surface area contributed by atoms with Gasteiger partial charge in [-0.15, -0.1) is 9.62 Å². The summed E-state index contributed by atoms with van der Waals surface area (Å²) in [4.78, 5) is 51.4. The third kappa shape index (κ3) is 5.80. The molecule has 45 heavy (non-hydrogen) atoms. The highest BCUT2D eigenvalue weighted by Crippen LogP contribution is 2.51. The number of rotatable bonds is 10. The smallest absolute Gasteiger partial charge is 0.394 e. The first-order valence-corrected chi connectivity index (χ1v) is 17.5. The summed E-state index contributed by atoms with van der Waals surface area (Å²) in [6, 6.07) is 0. The predicted octanol–water partition coefficient (Wildman–Crippen LogP) is -0.930. The Morgan fingerprint density at radius 2 is 2.07 bits per heavy atom. The zero-order valence-corrected chi connectivity index (χ0v) is 25.6. The molecule has 0 saturated carbocycles. The number of nitrogens with one attached hydrogen (secondary N) is 2. The van der Waals surface area contributed by atoms with E-state index in [9.17, 15) is 24.2 Å². The van der Waals surface area contributed by atoms with Crippen LogP contribution in [0.1, 0.15) is 6.23 Å². The van der Waals surface area contributed by atoms with E-state index in [1.165, 1.54) is 0 Å². The summed E-state index contributed by atoms with van der Waals surface area (Å²) in [7, 11) is -2.74. The van der Waals surface area contributed by atoms with Crippen LogP contribution in [-0.4, -0.2) is 105 Å². The molecule has 26 heteroatoms. The van der Waals surface area contributed by atoms with Gasteiger partial charge in [-0.3, -0.25) is 23.7 Å². The number of nitrogens with two attached hydrogens (primary N) is 1. The Labute approximate surface area is 258 Å². The Morgan fingerprint density at radius 3 is 2.80 bits per heavy atom. The maximum absolute atomic E-state index is 16.5. The fraction of sp³-hybridized carbons (Fsp3) is 0.526. The molecule has 6 heterocycles. The van der Waals surface area contributed by atoms with Crippen molar-refractivity contribution in [2.24, 2.45) is 0 Å². The zero-order valence-electron chi connectivity index (χ0n) is 22.1. The molecule has 6 N–H and O–H groups in total. The van der Waals surface area contributed by atoms with Crippen molar-refractivity contribution in [1.29, 1.82) is 0 Å². The molecule has 0 spiro atoms. The first-order valence-electron chi connectivity index (χ1n) is 12.5. The first-order chi connectivity index (χ1) is 21.3. The van der Waals surface area contributed by atoms with Crippen LogP contribution in [0.2, 0.25) is 0 Å². The number of alkyl halides is 2. The average molecular weight is 714 g/mol. The highest BCUT2D eigenvalue weighted by molar-refractivity contribution is 8.39. The van der Waals surface area contributed by atoms with Crippen LogP contribution >= 0.6 is 26.2 Å². The van der Waals surface area contributed by atoms with Crippen LogP contribution in [0.3, 0.4) is 0 Å². The Hall–Kier alpha value is -2.89. The van der Waals surface area contributed by atoms with Gasteiger partial charge in [0, 0.05) is 0 Å². The molecule has 0 amide bonds. The van der Waals surface area contributed by atoms with Crippen molar-refractivity contribution in [2.75, 3.05) is 25.6 Å². The maximum atomic E-state index is 16.5. The molecule has 9 unspecified atom stereocenters. The molecule has 0 aromatic carbocycles. The van der Waals surface area contributed by atoms with Crippen molar-refractivity contribution in [3.8, 4) is 0 Å². The lowest BCUT2D eigenvalue weighted by Crippen LogP contribution is -2.44. The Kier molecular flexibility index (Phi) is 8.58. The SMILES string of the molecule is Nc1nc2c(nnn2C2OC(CO)C(F)C2OP(O)(=S)OCC2OCC(F)(n3cnc4c(=O)[nH]cnc43)C2O[P+](=O)S)c(=O)[nH]1. The summed E-state index contributed by atoms with van der Waals surface area (Å²) >= 11 is 8.78. The van der Waals surface area contributed by atoms with Crippen molar-refractivity contribution in [1.82, 2.24) is 44.5 Å². The molecule has 0 aliphatic carbocycles. The van der Waals surface area contributed by atoms with Gasteiger partial charge in [0.15, 0.2) is 40.8 Å². The standard InChI is InChI=1S/C19H20F2N10O10P2S2/c20-8-6(1-32)39-17(31-14-10(28-29-31)16(34)27-18(22)26-14)11(8)41-43(36,45)38-2-7-12(40-42(35)44)19(21,3-37-7)30-5-25-9-13(30)23-4-24-15(9)33/h4-8,11-12,17,32H,1-3H2,(H5-,22,23,24,26,27,29,33,34,35,36,44,45)/p+1. The summed E-state index contributed by atoms with van der Waals surface area (Å²) in [5.74, 6) is -2.97. The van der Waals surface area contributed by atoms with Crippen LogP contribution in [0, 0.1) is 0 Å². The monoisotopic (exact) mass is 713 g/mol. The molecule has 2 fully saturated rings. The number of nitrogens with zero attached hydrogens (tertiary/aromatic N) is 7. The van der Waals surface area contributed by atoms with Gasteiger partial charge in [-0.2, -0.15) is 9.67 Å². The third-order valence-electron chi connectivity index (χ3n) is 6.91. The number of aromatic amines is 2. The number of anilines is 1. The van der Waals surface area contributed by atoms with E-state index >= 15 is 8.78 Å². The molecule has 0 bridgehead atoms. The molecule has 2 aliphatic heterocycles. The molecule has 242 valence electrons. The summed E-state index contributed by atoms with van der Waals surface area (Å²) in [5.41, 5.74) is 3.33. The van der Waals surface area contributed by atoms with Gasteiger partial charge in [0.1, 0.15) is 43.5 Å². The number of aliphatic hydroxyl groups excluding tert-OH is 1. The minimum Gasteiger partial charge on any atom is -0.394 e. The van der Waals surface area contributed by atoms with Gasteiger partial charge in [0.25, 0.3) is 11.1 Å². The van der Waals surface area contributed by atoms with Gasteiger partial charge in [-0.1, -0.05) is 5.21 Å². The molecule has 2 aliphatic rings. The van der Waals surface area contributed by atoms with E-state index in [2.05, 4.69) is 47.5 Å². The second-order valence-electron chi connectivity index (χ2n) is 9.63. The number of hydrogen-bond acceptors (Lipinski definition) is 16. The number of H-pyrrole nitrogens is 2. The minimum absolute atomic E-state index is 0.177. The quantitative estimate of drug-likeness (QED) is 0.0856. The second-order valence-corrected chi connectivity index (χ2v) is 14.1. The van der Waals surface area contributed by atoms with Crippen LogP contribution in [0.5, 0.6) is 0 Å². The number of aromatic nitrogens is 9. The van der Waals surface area contributed by atoms with Crippen molar-refractivity contribution in [3.63, 3.8) is 0 Å². The molecular formula is C19H21F2N10O10P2S2+. The van der Waals surface area contributed by atoms with E-state index in [-0.39, 0.29) is 28.3 Å². The van der Waals surface area contributed by atoms with Crippen LogP contribution in [0.25, 0.3) is 22.3 Å². The molecule has 9 atom stereocenters. The summed E-state index contributed by atoms with van der Waals surface area (Å²) in [6.07, 6.45) is -8.13. The van der Waals surface area contributed by atoms with Gasteiger partial charge >= 0.3 is 13.9 Å². The van der Waals surface area contributed by atoms with Crippen molar-refractivity contribution in [2.45, 2.75) is 42.6 Å². The number of halogens is 2. The summed E-state index contributed by atoms with van der Waals surface area (Å²) in [6.45, 7) is -6.77. The highest BCUT2D eigenvalue weighted by Gasteiger charge is 2.58. The molecule has 6 rings (SSSR count).